The van der Waals surface area contributed by atoms with Crippen LogP contribution >= 0.6 is 11.6 Å². The Morgan fingerprint density at radius 1 is 1.17 bits per heavy atom. The molecule has 1 saturated heterocycles. The Kier molecular flexibility index (Phi) is 4.90. The third-order valence-electron chi connectivity index (χ3n) is 3.78. The summed E-state index contributed by atoms with van der Waals surface area (Å²) in [6, 6.07) is 7.22. The van der Waals surface area contributed by atoms with Crippen LogP contribution in [0, 0.1) is 0 Å². The van der Waals surface area contributed by atoms with Gasteiger partial charge in [-0.1, -0.05) is 11.6 Å². The van der Waals surface area contributed by atoms with Gasteiger partial charge in [-0.05, 0) is 24.3 Å². The van der Waals surface area contributed by atoms with Crippen LogP contribution in [0.1, 0.15) is 5.89 Å². The van der Waals surface area contributed by atoms with E-state index >= 15 is 0 Å². The van der Waals surface area contributed by atoms with Crippen molar-refractivity contribution in [3.8, 4) is 11.5 Å². The largest absolute Gasteiger partial charge is 0.419 e. The molecule has 1 amide bonds. The predicted octanol–water partition coefficient (Wildman–Crippen LogP) is 1.03. The van der Waals surface area contributed by atoms with Gasteiger partial charge < -0.3 is 14.4 Å². The van der Waals surface area contributed by atoms with Gasteiger partial charge in [0.1, 0.15) is 6.61 Å². The summed E-state index contributed by atoms with van der Waals surface area (Å²) in [5, 5.41) is 17.6. The van der Waals surface area contributed by atoms with Crippen LogP contribution in [0.25, 0.3) is 11.5 Å². The number of hydrogen-bond acceptors (Lipinski definition) is 6. The molecule has 0 unspecified atom stereocenters. The van der Waals surface area contributed by atoms with Crippen molar-refractivity contribution < 1.29 is 14.3 Å². The molecule has 1 aromatic heterocycles. The summed E-state index contributed by atoms with van der Waals surface area (Å²) in [6.07, 6.45) is 0. The Morgan fingerprint density at radius 2 is 1.87 bits per heavy atom. The molecule has 3 rings (SSSR count). The number of rotatable bonds is 4. The van der Waals surface area contributed by atoms with Crippen LogP contribution in [-0.4, -0.2) is 63.8 Å². The quantitative estimate of drug-likeness (QED) is 0.897. The maximum absolute atomic E-state index is 11.4. The van der Waals surface area contributed by atoms with Gasteiger partial charge in [-0.15, -0.1) is 10.2 Å². The van der Waals surface area contributed by atoms with Crippen molar-refractivity contribution in [3.63, 3.8) is 0 Å². The maximum atomic E-state index is 11.4. The van der Waals surface area contributed by atoms with E-state index in [0.717, 1.165) is 5.56 Å². The topological polar surface area (TPSA) is 82.7 Å². The molecule has 1 aromatic carbocycles. The number of benzene rings is 1. The van der Waals surface area contributed by atoms with Gasteiger partial charge >= 0.3 is 0 Å². The van der Waals surface area contributed by atoms with Crippen LogP contribution in [0.2, 0.25) is 5.02 Å². The van der Waals surface area contributed by atoms with Crippen molar-refractivity contribution in [1.29, 1.82) is 0 Å². The first-order valence-corrected chi connectivity index (χ1v) is 7.73. The van der Waals surface area contributed by atoms with Gasteiger partial charge in [-0.3, -0.25) is 9.69 Å². The molecule has 23 heavy (non-hydrogen) atoms. The maximum Gasteiger partial charge on any atom is 0.248 e. The number of carbonyl (C=O) groups is 1. The molecule has 0 radical (unpaired) electrons. The number of aliphatic hydroxyl groups excluding tert-OH is 1. The van der Waals surface area contributed by atoms with E-state index in [1.54, 1.807) is 17.0 Å². The lowest BCUT2D eigenvalue weighted by molar-refractivity contribution is -0.136. The van der Waals surface area contributed by atoms with Gasteiger partial charge in [0.15, 0.2) is 0 Å². The molecule has 2 heterocycles. The van der Waals surface area contributed by atoms with Crippen molar-refractivity contribution >= 4 is 17.5 Å². The average Bonchev–Trinajstić information content (AvgIpc) is 3.04. The van der Waals surface area contributed by atoms with E-state index < -0.39 is 6.61 Å². The first-order valence-electron chi connectivity index (χ1n) is 7.35. The third kappa shape index (κ3) is 3.87. The zero-order valence-electron chi connectivity index (χ0n) is 12.5. The molecular weight excluding hydrogens is 320 g/mol. The number of nitrogens with zero attached hydrogens (tertiary/aromatic N) is 4. The predicted molar refractivity (Wildman–Crippen MR) is 83.7 cm³/mol. The standard InChI is InChI=1S/C15H17ClN4O3/c16-12-3-1-11(2-4-12)15-18-17-13(23-15)9-19-5-7-20(8-6-19)14(22)10-21/h1-4,21H,5-10H2. The van der Waals surface area contributed by atoms with Gasteiger partial charge in [0, 0.05) is 36.8 Å². The van der Waals surface area contributed by atoms with Crippen LogP contribution in [0.5, 0.6) is 0 Å². The number of piperazine rings is 1. The zero-order chi connectivity index (χ0) is 16.2. The minimum atomic E-state index is -0.436. The van der Waals surface area contributed by atoms with Gasteiger partial charge in [0.25, 0.3) is 0 Å². The molecule has 0 saturated carbocycles. The van der Waals surface area contributed by atoms with Gasteiger partial charge in [-0.25, -0.2) is 0 Å². The second-order valence-corrected chi connectivity index (χ2v) is 5.76. The molecule has 1 N–H and O–H groups in total. The van der Waals surface area contributed by atoms with Crippen LogP contribution in [0.15, 0.2) is 28.7 Å². The van der Waals surface area contributed by atoms with E-state index in [1.807, 2.05) is 12.1 Å². The van der Waals surface area contributed by atoms with Crippen LogP contribution in [0.4, 0.5) is 0 Å². The van der Waals surface area contributed by atoms with Crippen molar-refractivity contribution in [3.05, 3.63) is 35.2 Å². The molecule has 1 aliphatic rings. The summed E-state index contributed by atoms with van der Waals surface area (Å²) in [7, 11) is 0. The molecule has 7 nitrogen and oxygen atoms in total. The molecule has 0 aliphatic carbocycles. The lowest BCUT2D eigenvalue weighted by Gasteiger charge is -2.33. The number of amides is 1. The molecule has 8 heteroatoms. The summed E-state index contributed by atoms with van der Waals surface area (Å²) >= 11 is 5.86. The van der Waals surface area contributed by atoms with Crippen LogP contribution < -0.4 is 0 Å². The van der Waals surface area contributed by atoms with E-state index in [-0.39, 0.29) is 5.91 Å². The number of aromatic nitrogens is 2. The molecule has 0 spiro atoms. The highest BCUT2D eigenvalue weighted by Crippen LogP contribution is 2.20. The summed E-state index contributed by atoms with van der Waals surface area (Å²) in [4.78, 5) is 15.2. The van der Waals surface area contributed by atoms with Crippen LogP contribution in [-0.2, 0) is 11.3 Å². The summed E-state index contributed by atoms with van der Waals surface area (Å²) in [6.45, 7) is 2.72. The highest BCUT2D eigenvalue weighted by atomic mass is 35.5. The van der Waals surface area contributed by atoms with E-state index in [2.05, 4.69) is 15.1 Å². The second-order valence-electron chi connectivity index (χ2n) is 5.32. The molecule has 2 aromatic rings. The van der Waals surface area contributed by atoms with Gasteiger partial charge in [-0.2, -0.15) is 0 Å². The number of hydrogen-bond donors (Lipinski definition) is 1. The molecule has 1 aliphatic heterocycles. The minimum Gasteiger partial charge on any atom is -0.419 e. The number of aliphatic hydroxyl groups is 1. The van der Waals surface area contributed by atoms with Crippen molar-refractivity contribution in [2.75, 3.05) is 32.8 Å². The fraction of sp³-hybridized carbons (Fsp3) is 0.400. The van der Waals surface area contributed by atoms with E-state index in [0.29, 0.717) is 49.5 Å². The third-order valence-corrected chi connectivity index (χ3v) is 4.03. The minimum absolute atomic E-state index is 0.229. The van der Waals surface area contributed by atoms with Crippen molar-refractivity contribution in [2.24, 2.45) is 0 Å². The van der Waals surface area contributed by atoms with Gasteiger partial charge in [0.2, 0.25) is 17.7 Å². The summed E-state index contributed by atoms with van der Waals surface area (Å²) in [5.74, 6) is 0.773. The summed E-state index contributed by atoms with van der Waals surface area (Å²) in [5.41, 5.74) is 0.825. The molecule has 1 fully saturated rings. The normalized spacial score (nSPS) is 15.8. The Labute approximate surface area is 138 Å². The molecule has 0 atom stereocenters. The molecule has 122 valence electrons. The Morgan fingerprint density at radius 3 is 2.52 bits per heavy atom. The Bertz CT molecular complexity index is 666. The fourth-order valence-corrected chi connectivity index (χ4v) is 2.60. The van der Waals surface area contributed by atoms with Crippen molar-refractivity contribution in [1.82, 2.24) is 20.0 Å². The average molecular weight is 337 g/mol. The fourth-order valence-electron chi connectivity index (χ4n) is 2.47. The van der Waals surface area contributed by atoms with Crippen molar-refractivity contribution in [2.45, 2.75) is 6.54 Å². The Balaban J connectivity index is 1.58. The second kappa shape index (κ2) is 7.08. The first-order chi connectivity index (χ1) is 11.2. The molecular formula is C15H17ClN4O3. The SMILES string of the molecule is O=C(CO)N1CCN(Cc2nnc(-c3ccc(Cl)cc3)o2)CC1. The lowest BCUT2D eigenvalue weighted by atomic mass is 10.2. The summed E-state index contributed by atoms with van der Waals surface area (Å²) < 4.78 is 5.68. The van der Waals surface area contributed by atoms with Crippen LogP contribution in [0.3, 0.4) is 0 Å². The smallest absolute Gasteiger partial charge is 0.248 e. The monoisotopic (exact) mass is 336 g/mol. The Hall–Kier alpha value is -1.96. The number of carbonyl (C=O) groups excluding carboxylic acids is 1. The first kappa shape index (κ1) is 15.9. The lowest BCUT2D eigenvalue weighted by Crippen LogP contribution is -2.49. The highest BCUT2D eigenvalue weighted by molar-refractivity contribution is 6.30. The van der Waals surface area contributed by atoms with Gasteiger partial charge in [0.05, 0.1) is 6.54 Å². The zero-order valence-corrected chi connectivity index (χ0v) is 13.2. The molecule has 0 bridgehead atoms. The van der Waals surface area contributed by atoms with E-state index in [4.69, 9.17) is 21.1 Å². The van der Waals surface area contributed by atoms with E-state index in [1.165, 1.54) is 0 Å². The van der Waals surface area contributed by atoms with E-state index in [9.17, 15) is 4.79 Å². The number of halogens is 1. The highest BCUT2D eigenvalue weighted by Gasteiger charge is 2.22.